The highest BCUT2D eigenvalue weighted by Crippen LogP contribution is 2.34. The monoisotopic (exact) mass is 330 g/mol. The lowest BCUT2D eigenvalue weighted by atomic mass is 10.1. The summed E-state index contributed by atoms with van der Waals surface area (Å²) in [5.74, 6) is 0.0296. The number of aromatic nitrogens is 2. The summed E-state index contributed by atoms with van der Waals surface area (Å²) in [5, 5.41) is 23.3. The van der Waals surface area contributed by atoms with Crippen LogP contribution in [0.5, 0.6) is 0 Å². The van der Waals surface area contributed by atoms with Crippen LogP contribution in [0.25, 0.3) is 5.69 Å². The zero-order valence-electron chi connectivity index (χ0n) is 13.0. The molecule has 0 radical (unpaired) electrons. The van der Waals surface area contributed by atoms with Gasteiger partial charge in [-0.15, -0.1) is 0 Å². The molecule has 1 saturated carbocycles. The molecule has 1 aliphatic carbocycles. The third kappa shape index (κ3) is 3.43. The molecule has 1 atom stereocenters. The second kappa shape index (κ2) is 6.79. The summed E-state index contributed by atoms with van der Waals surface area (Å²) in [6.07, 6.45) is 7.15. The molecule has 8 heteroatoms. The molecule has 1 heterocycles. The Hall–Kier alpha value is -2.74. The van der Waals surface area contributed by atoms with Crippen molar-refractivity contribution >= 4 is 11.6 Å². The Morgan fingerprint density at radius 1 is 1.50 bits per heavy atom. The number of nitrogens with zero attached hydrogens (tertiary/aromatic N) is 3. The van der Waals surface area contributed by atoms with E-state index < -0.39 is 4.92 Å². The molecular weight excluding hydrogens is 312 g/mol. The maximum atomic E-state index is 12.4. The zero-order valence-corrected chi connectivity index (χ0v) is 13.0. The van der Waals surface area contributed by atoms with Gasteiger partial charge in [-0.05, 0) is 37.3 Å². The Bertz CT molecular complexity index is 741. The first-order chi connectivity index (χ1) is 11.6. The number of carbonyl (C=O) groups excluding carboxylic acids is 1. The molecule has 0 bridgehead atoms. The summed E-state index contributed by atoms with van der Waals surface area (Å²) in [6, 6.07) is 4.27. The normalized spacial score (nSPS) is 15.0. The summed E-state index contributed by atoms with van der Waals surface area (Å²) < 4.78 is 1.53. The molecule has 0 spiro atoms. The van der Waals surface area contributed by atoms with Crippen LogP contribution in [0, 0.1) is 16.0 Å². The topological polar surface area (TPSA) is 110 Å². The van der Waals surface area contributed by atoms with Gasteiger partial charge in [-0.2, -0.15) is 0 Å². The summed E-state index contributed by atoms with van der Waals surface area (Å²) in [7, 11) is 0. The molecule has 0 saturated heterocycles. The molecule has 8 nitrogen and oxygen atoms in total. The third-order valence-electron chi connectivity index (χ3n) is 4.16. The number of hydrogen-bond acceptors (Lipinski definition) is 5. The highest BCUT2D eigenvalue weighted by atomic mass is 16.6. The molecule has 1 fully saturated rings. The standard InChI is InChI=1S/C16H18N4O4/c21-8-5-13(11-1-2-11)18-16(22)12-3-4-14(15(9-12)20(23)24)19-7-6-17-10-19/h3-4,6-7,9-11,13,21H,1-2,5,8H2,(H,18,22). The summed E-state index contributed by atoms with van der Waals surface area (Å²) in [5.41, 5.74) is 0.420. The number of amides is 1. The SMILES string of the molecule is O=C(NC(CCO)C1CC1)c1ccc(-n2ccnc2)c([N+](=O)[O-])c1. The van der Waals surface area contributed by atoms with E-state index in [-0.39, 0.29) is 29.8 Å². The van der Waals surface area contributed by atoms with Crippen LogP contribution in [0.15, 0.2) is 36.9 Å². The van der Waals surface area contributed by atoms with Crippen molar-refractivity contribution in [1.29, 1.82) is 0 Å². The Labute approximate surface area is 138 Å². The molecule has 1 aliphatic rings. The second-order valence-electron chi connectivity index (χ2n) is 5.86. The predicted octanol–water partition coefficient (Wildman–Crippen LogP) is 1.67. The molecule has 1 aromatic carbocycles. The van der Waals surface area contributed by atoms with E-state index in [2.05, 4.69) is 10.3 Å². The Kier molecular flexibility index (Phi) is 4.57. The maximum absolute atomic E-state index is 12.4. The summed E-state index contributed by atoms with van der Waals surface area (Å²) in [6.45, 7) is 0.00115. The van der Waals surface area contributed by atoms with Crippen molar-refractivity contribution in [3.63, 3.8) is 0 Å². The minimum Gasteiger partial charge on any atom is -0.396 e. The van der Waals surface area contributed by atoms with Crippen molar-refractivity contribution in [3.05, 3.63) is 52.6 Å². The average Bonchev–Trinajstić information content (AvgIpc) is 3.28. The highest BCUT2D eigenvalue weighted by molar-refractivity contribution is 5.95. The number of aliphatic hydroxyl groups excluding tert-OH is 1. The summed E-state index contributed by atoms with van der Waals surface area (Å²) in [4.78, 5) is 27.1. The Morgan fingerprint density at radius 3 is 2.88 bits per heavy atom. The van der Waals surface area contributed by atoms with Crippen molar-refractivity contribution in [2.24, 2.45) is 5.92 Å². The van der Waals surface area contributed by atoms with E-state index in [0.717, 1.165) is 12.8 Å². The smallest absolute Gasteiger partial charge is 0.294 e. The fraction of sp³-hybridized carbons (Fsp3) is 0.375. The molecule has 24 heavy (non-hydrogen) atoms. The van der Waals surface area contributed by atoms with Gasteiger partial charge >= 0.3 is 0 Å². The number of nitro benzene ring substituents is 1. The fourth-order valence-electron chi connectivity index (χ4n) is 2.75. The number of imidazole rings is 1. The number of benzene rings is 1. The van der Waals surface area contributed by atoms with Crippen LogP contribution >= 0.6 is 0 Å². The molecule has 3 rings (SSSR count). The van der Waals surface area contributed by atoms with Gasteiger partial charge in [-0.25, -0.2) is 4.98 Å². The van der Waals surface area contributed by atoms with E-state index in [1.54, 1.807) is 12.3 Å². The number of nitrogens with one attached hydrogen (secondary N) is 1. The lowest BCUT2D eigenvalue weighted by molar-refractivity contribution is -0.384. The first-order valence-corrected chi connectivity index (χ1v) is 7.78. The first-order valence-electron chi connectivity index (χ1n) is 7.78. The molecule has 1 amide bonds. The van der Waals surface area contributed by atoms with E-state index in [4.69, 9.17) is 5.11 Å². The number of rotatable bonds is 7. The predicted molar refractivity (Wildman–Crippen MR) is 85.9 cm³/mol. The minimum absolute atomic E-state index is 0.00115. The van der Waals surface area contributed by atoms with E-state index >= 15 is 0 Å². The van der Waals surface area contributed by atoms with Crippen LogP contribution < -0.4 is 5.32 Å². The van der Waals surface area contributed by atoms with Crippen molar-refractivity contribution in [1.82, 2.24) is 14.9 Å². The van der Waals surface area contributed by atoms with E-state index in [1.807, 2.05) is 0 Å². The Balaban J connectivity index is 1.84. The van der Waals surface area contributed by atoms with Crippen molar-refractivity contribution in [3.8, 4) is 5.69 Å². The van der Waals surface area contributed by atoms with E-state index in [1.165, 1.54) is 29.2 Å². The lowest BCUT2D eigenvalue weighted by Gasteiger charge is -2.17. The van der Waals surface area contributed by atoms with Crippen LogP contribution in [-0.4, -0.2) is 38.1 Å². The quantitative estimate of drug-likeness (QED) is 0.593. The van der Waals surface area contributed by atoms with Gasteiger partial charge in [-0.1, -0.05) is 0 Å². The van der Waals surface area contributed by atoms with Gasteiger partial charge in [0.05, 0.1) is 11.3 Å². The number of nitro groups is 1. The second-order valence-corrected chi connectivity index (χ2v) is 5.86. The maximum Gasteiger partial charge on any atom is 0.294 e. The van der Waals surface area contributed by atoms with Gasteiger partial charge in [-0.3, -0.25) is 14.9 Å². The van der Waals surface area contributed by atoms with Crippen molar-refractivity contribution in [2.75, 3.05) is 6.61 Å². The van der Waals surface area contributed by atoms with E-state index in [0.29, 0.717) is 18.0 Å². The number of hydrogen-bond donors (Lipinski definition) is 2. The number of aliphatic hydroxyl groups is 1. The molecule has 1 aromatic heterocycles. The molecular formula is C16H18N4O4. The number of carbonyl (C=O) groups is 1. The zero-order chi connectivity index (χ0) is 17.1. The van der Waals surface area contributed by atoms with Gasteiger partial charge in [0.15, 0.2) is 0 Å². The van der Waals surface area contributed by atoms with Gasteiger partial charge < -0.3 is 15.0 Å². The van der Waals surface area contributed by atoms with Crippen LogP contribution in [0.3, 0.4) is 0 Å². The Morgan fingerprint density at radius 2 is 2.29 bits per heavy atom. The van der Waals surface area contributed by atoms with Crippen LogP contribution in [0.2, 0.25) is 0 Å². The first kappa shape index (κ1) is 16.1. The largest absolute Gasteiger partial charge is 0.396 e. The van der Waals surface area contributed by atoms with Crippen LogP contribution in [0.4, 0.5) is 5.69 Å². The lowest BCUT2D eigenvalue weighted by Crippen LogP contribution is -2.37. The molecule has 2 aromatic rings. The van der Waals surface area contributed by atoms with Gasteiger partial charge in [0, 0.05) is 36.7 Å². The van der Waals surface area contributed by atoms with Crippen LogP contribution in [0.1, 0.15) is 29.6 Å². The molecule has 0 aliphatic heterocycles. The van der Waals surface area contributed by atoms with Gasteiger partial charge in [0.2, 0.25) is 0 Å². The average molecular weight is 330 g/mol. The third-order valence-corrected chi connectivity index (χ3v) is 4.16. The van der Waals surface area contributed by atoms with Crippen molar-refractivity contribution < 1.29 is 14.8 Å². The molecule has 2 N–H and O–H groups in total. The minimum atomic E-state index is -0.516. The van der Waals surface area contributed by atoms with Gasteiger partial charge in [0.1, 0.15) is 5.69 Å². The van der Waals surface area contributed by atoms with Crippen LogP contribution in [-0.2, 0) is 0 Å². The molecule has 126 valence electrons. The summed E-state index contributed by atoms with van der Waals surface area (Å²) >= 11 is 0. The fourth-order valence-corrected chi connectivity index (χ4v) is 2.75. The molecule has 1 unspecified atom stereocenters. The van der Waals surface area contributed by atoms with E-state index in [9.17, 15) is 14.9 Å². The highest BCUT2D eigenvalue weighted by Gasteiger charge is 2.32. The van der Waals surface area contributed by atoms with Gasteiger partial charge in [0.25, 0.3) is 11.6 Å². The van der Waals surface area contributed by atoms with Crippen molar-refractivity contribution in [2.45, 2.75) is 25.3 Å².